The maximum atomic E-state index is 12.8. The SMILES string of the molecule is C[C@@H]1[C@H](CSc2nnnn2C)O[C@H](c2cccc(-c3cccc(CNS(=O)(=O)c4ccccc4)c3)c2)O[C@@H]1c1ccc(CO)cc1. The molecule has 1 aromatic heterocycles. The van der Waals surface area contributed by atoms with Crippen LogP contribution in [0.4, 0.5) is 0 Å². The second kappa shape index (κ2) is 14.2. The number of rotatable bonds is 11. The van der Waals surface area contributed by atoms with Crippen LogP contribution in [0.5, 0.6) is 0 Å². The normalized spacial score (nSPS) is 20.1. The molecule has 10 nitrogen and oxygen atoms in total. The van der Waals surface area contributed by atoms with Gasteiger partial charge in [-0.3, -0.25) is 0 Å². The second-order valence-corrected chi connectivity index (χ2v) is 13.9. The van der Waals surface area contributed by atoms with Crippen LogP contribution in [0, 0.1) is 5.92 Å². The summed E-state index contributed by atoms with van der Waals surface area (Å²) in [7, 11) is -1.82. The van der Waals surface area contributed by atoms with Crippen molar-refractivity contribution in [3.05, 3.63) is 125 Å². The molecular weight excluding hydrogens is 623 g/mol. The first-order valence-corrected chi connectivity index (χ1v) is 17.4. The standard InChI is InChI=1S/C34H35N5O5S2/c1-23-31(22-45-34-36-37-38-39(34)2)43-33(44-32(23)26-16-14-24(21-40)15-17-26)29-11-7-10-28(19-29)27-9-6-8-25(18-27)20-35-46(41,42)30-12-4-3-5-13-30/h3-19,23,31-33,35,40H,20-22H2,1-2H3/t23-,31+,32+,33+/m1/s1. The van der Waals surface area contributed by atoms with E-state index in [0.717, 1.165) is 33.4 Å². The number of tetrazole rings is 1. The molecule has 6 rings (SSSR count). The van der Waals surface area contributed by atoms with Crippen LogP contribution in [-0.2, 0) is 39.7 Å². The molecular formula is C34H35N5O5S2. The molecule has 0 saturated carbocycles. The molecule has 0 amide bonds. The summed E-state index contributed by atoms with van der Waals surface area (Å²) in [6.07, 6.45) is -1.06. The first-order chi connectivity index (χ1) is 22.3. The van der Waals surface area contributed by atoms with Crippen molar-refractivity contribution >= 4 is 21.8 Å². The van der Waals surface area contributed by atoms with Gasteiger partial charge >= 0.3 is 0 Å². The quantitative estimate of drug-likeness (QED) is 0.179. The predicted molar refractivity (Wildman–Crippen MR) is 175 cm³/mol. The van der Waals surface area contributed by atoms with Gasteiger partial charge in [-0.05, 0) is 62.5 Å². The Hall–Kier alpha value is -3.91. The third-order valence-electron chi connectivity index (χ3n) is 8.02. The number of sulfonamides is 1. The van der Waals surface area contributed by atoms with E-state index in [-0.39, 0.29) is 36.2 Å². The van der Waals surface area contributed by atoms with Crippen LogP contribution in [-0.4, -0.2) is 45.6 Å². The van der Waals surface area contributed by atoms with E-state index < -0.39 is 16.3 Å². The monoisotopic (exact) mass is 657 g/mol. The molecule has 0 radical (unpaired) electrons. The van der Waals surface area contributed by atoms with Gasteiger partial charge in [0, 0.05) is 30.8 Å². The Bertz CT molecular complexity index is 1870. The first-order valence-electron chi connectivity index (χ1n) is 14.9. The number of thioether (sulfide) groups is 1. The minimum absolute atomic E-state index is 0.0180. The molecule has 1 aliphatic rings. The summed E-state index contributed by atoms with van der Waals surface area (Å²) >= 11 is 1.54. The number of aryl methyl sites for hydroxylation is 1. The molecule has 0 unspecified atom stereocenters. The average molecular weight is 658 g/mol. The Balaban J connectivity index is 1.23. The van der Waals surface area contributed by atoms with Gasteiger partial charge in [0.1, 0.15) is 0 Å². The Morgan fingerprint density at radius 3 is 2.33 bits per heavy atom. The van der Waals surface area contributed by atoms with Gasteiger partial charge in [0.25, 0.3) is 0 Å². The summed E-state index contributed by atoms with van der Waals surface area (Å²) in [6.45, 7) is 2.26. The minimum Gasteiger partial charge on any atom is -0.392 e. The summed E-state index contributed by atoms with van der Waals surface area (Å²) < 4.78 is 43.1. The van der Waals surface area contributed by atoms with Gasteiger partial charge in [-0.2, -0.15) is 0 Å². The van der Waals surface area contributed by atoms with E-state index in [4.69, 9.17) is 9.47 Å². The van der Waals surface area contributed by atoms with E-state index in [2.05, 4.69) is 33.2 Å². The van der Waals surface area contributed by atoms with Crippen molar-refractivity contribution < 1.29 is 23.0 Å². The molecule has 1 saturated heterocycles. The third-order valence-corrected chi connectivity index (χ3v) is 10.5. The zero-order valence-corrected chi connectivity index (χ0v) is 27.1. The number of nitrogens with zero attached hydrogens (tertiary/aromatic N) is 4. The summed E-state index contributed by atoms with van der Waals surface area (Å²) in [5.41, 5.74) is 5.45. The Kier molecular flexibility index (Phi) is 9.92. The van der Waals surface area contributed by atoms with Crippen LogP contribution in [0.3, 0.4) is 0 Å². The number of hydrogen-bond acceptors (Lipinski definition) is 9. The molecule has 238 valence electrons. The highest BCUT2D eigenvalue weighted by Gasteiger charge is 2.38. The van der Waals surface area contributed by atoms with E-state index in [1.807, 2.05) is 73.8 Å². The fraction of sp³-hybridized carbons (Fsp3) is 0.265. The molecule has 0 spiro atoms. The lowest BCUT2D eigenvalue weighted by molar-refractivity contribution is -0.268. The lowest BCUT2D eigenvalue weighted by Crippen LogP contribution is -2.38. The molecule has 4 aromatic carbocycles. The summed E-state index contributed by atoms with van der Waals surface area (Å²) in [5, 5.41) is 22.1. The lowest BCUT2D eigenvalue weighted by atomic mass is 9.91. The largest absolute Gasteiger partial charge is 0.392 e. The highest BCUT2D eigenvalue weighted by atomic mass is 32.2. The Labute approximate surface area is 272 Å². The molecule has 2 heterocycles. The molecule has 0 aliphatic carbocycles. The number of aromatic nitrogens is 4. The van der Waals surface area contributed by atoms with Crippen molar-refractivity contribution in [3.8, 4) is 11.1 Å². The zero-order chi connectivity index (χ0) is 32.1. The maximum Gasteiger partial charge on any atom is 0.240 e. The van der Waals surface area contributed by atoms with Crippen molar-refractivity contribution in [1.82, 2.24) is 24.9 Å². The van der Waals surface area contributed by atoms with E-state index in [9.17, 15) is 13.5 Å². The van der Waals surface area contributed by atoms with Crippen LogP contribution in [0.25, 0.3) is 11.1 Å². The highest BCUT2D eigenvalue weighted by Crippen LogP contribution is 2.43. The van der Waals surface area contributed by atoms with E-state index in [0.29, 0.717) is 10.9 Å². The lowest BCUT2D eigenvalue weighted by Gasteiger charge is -2.41. The van der Waals surface area contributed by atoms with Crippen LogP contribution in [0.15, 0.2) is 113 Å². The van der Waals surface area contributed by atoms with Gasteiger partial charge in [-0.15, -0.1) is 5.10 Å². The smallest absolute Gasteiger partial charge is 0.240 e. The Morgan fingerprint density at radius 1 is 0.870 bits per heavy atom. The molecule has 2 N–H and O–H groups in total. The van der Waals surface area contributed by atoms with Crippen molar-refractivity contribution in [2.45, 2.75) is 48.6 Å². The third kappa shape index (κ3) is 7.38. The zero-order valence-electron chi connectivity index (χ0n) is 25.4. The van der Waals surface area contributed by atoms with Gasteiger partial charge in [-0.1, -0.05) is 97.5 Å². The van der Waals surface area contributed by atoms with E-state index in [1.165, 1.54) is 11.8 Å². The number of benzene rings is 4. The van der Waals surface area contributed by atoms with E-state index >= 15 is 0 Å². The van der Waals surface area contributed by atoms with Crippen LogP contribution < -0.4 is 4.72 Å². The van der Waals surface area contributed by atoms with Crippen molar-refractivity contribution in [2.24, 2.45) is 13.0 Å². The van der Waals surface area contributed by atoms with Crippen LogP contribution >= 0.6 is 11.8 Å². The fourth-order valence-electron chi connectivity index (χ4n) is 5.40. The summed E-state index contributed by atoms with van der Waals surface area (Å²) in [5.74, 6) is 0.644. The molecule has 4 atom stereocenters. The number of aliphatic hydroxyl groups excluding tert-OH is 1. The van der Waals surface area contributed by atoms with Gasteiger partial charge in [0.2, 0.25) is 15.2 Å². The molecule has 12 heteroatoms. The number of nitrogens with one attached hydrogen (secondary N) is 1. The van der Waals surface area contributed by atoms with Gasteiger partial charge < -0.3 is 14.6 Å². The van der Waals surface area contributed by atoms with E-state index in [1.54, 1.807) is 35.0 Å². The van der Waals surface area contributed by atoms with Gasteiger partial charge in [0.15, 0.2) is 6.29 Å². The average Bonchev–Trinajstić information content (AvgIpc) is 3.51. The molecule has 1 aliphatic heterocycles. The van der Waals surface area contributed by atoms with Crippen molar-refractivity contribution in [2.75, 3.05) is 5.75 Å². The number of ether oxygens (including phenoxy) is 2. The van der Waals surface area contributed by atoms with Crippen molar-refractivity contribution in [1.29, 1.82) is 0 Å². The topological polar surface area (TPSA) is 128 Å². The van der Waals surface area contributed by atoms with Crippen molar-refractivity contribution in [3.63, 3.8) is 0 Å². The first kappa shape index (κ1) is 32.0. The molecule has 5 aromatic rings. The minimum atomic E-state index is -3.63. The highest BCUT2D eigenvalue weighted by molar-refractivity contribution is 7.99. The second-order valence-electron chi connectivity index (χ2n) is 11.2. The summed E-state index contributed by atoms with van der Waals surface area (Å²) in [4.78, 5) is 0.230. The molecule has 0 bridgehead atoms. The fourth-order valence-corrected chi connectivity index (χ4v) is 7.45. The number of aliphatic hydroxyl groups is 1. The van der Waals surface area contributed by atoms with Crippen LogP contribution in [0.1, 0.15) is 41.6 Å². The van der Waals surface area contributed by atoms with Crippen LogP contribution in [0.2, 0.25) is 0 Å². The maximum absolute atomic E-state index is 12.8. The van der Waals surface area contributed by atoms with Gasteiger partial charge in [0.05, 0.1) is 23.7 Å². The molecule has 46 heavy (non-hydrogen) atoms. The predicted octanol–water partition coefficient (Wildman–Crippen LogP) is 5.43. The summed E-state index contributed by atoms with van der Waals surface area (Å²) in [6, 6.07) is 32.0. The van der Waals surface area contributed by atoms with Gasteiger partial charge in [-0.25, -0.2) is 17.8 Å². The molecule has 1 fully saturated rings. The number of hydrogen-bond donors (Lipinski definition) is 2. The Morgan fingerprint density at radius 2 is 1.61 bits per heavy atom.